The van der Waals surface area contributed by atoms with E-state index in [2.05, 4.69) is 101 Å². The molecule has 0 radical (unpaired) electrons. The molecule has 2 N–H and O–H groups in total. The number of halogens is 1. The Morgan fingerprint density at radius 1 is 1.15 bits per heavy atom. The van der Waals surface area contributed by atoms with Crippen molar-refractivity contribution in [2.45, 2.75) is 6.92 Å². The number of allylic oxidation sites excluding steroid dienone is 2. The summed E-state index contributed by atoms with van der Waals surface area (Å²) in [5.74, 6) is 1.58. The van der Waals surface area contributed by atoms with E-state index >= 15 is 0 Å². The molecule has 1 aliphatic heterocycles. The molecule has 0 unspecified atom stereocenters. The molecule has 0 fully saturated rings. The molecule has 3 aromatic rings. The highest BCUT2D eigenvalue weighted by Crippen LogP contribution is 2.27. The summed E-state index contributed by atoms with van der Waals surface area (Å²) >= 11 is 2.27. The van der Waals surface area contributed by atoms with E-state index in [0.29, 0.717) is 0 Å². The second-order valence-corrected chi connectivity index (χ2v) is 9.66. The summed E-state index contributed by atoms with van der Waals surface area (Å²) in [7, 11) is 4.08. The first-order valence-electron chi connectivity index (χ1n) is 10.7. The maximum absolute atomic E-state index is 4.58. The minimum Gasteiger partial charge on any atom is -0.369 e. The molecule has 0 bridgehead atoms. The Morgan fingerprint density at radius 2 is 2.00 bits per heavy atom. The van der Waals surface area contributed by atoms with Crippen LogP contribution in [-0.4, -0.2) is 45.2 Å². The number of hydrogen-bond acceptors (Lipinski definition) is 6. The van der Waals surface area contributed by atoms with Crippen LogP contribution in [0.3, 0.4) is 0 Å². The predicted molar refractivity (Wildman–Crippen MR) is 147 cm³/mol. The molecule has 3 heterocycles. The quantitative estimate of drug-likeness (QED) is 0.212. The van der Waals surface area contributed by atoms with Crippen LogP contribution in [0.25, 0.3) is 22.2 Å². The van der Waals surface area contributed by atoms with E-state index in [9.17, 15) is 0 Å². The fraction of sp³-hybridized carbons (Fsp3) is 0.192. The summed E-state index contributed by atoms with van der Waals surface area (Å²) in [5.41, 5.74) is 8.39. The molecule has 2 aromatic heterocycles. The fourth-order valence-corrected chi connectivity index (χ4v) is 3.79. The van der Waals surface area contributed by atoms with Gasteiger partial charge in [0.2, 0.25) is 0 Å². The van der Waals surface area contributed by atoms with Crippen molar-refractivity contribution in [1.82, 2.24) is 18.0 Å². The maximum Gasteiger partial charge on any atom is 0.130 e. The lowest BCUT2D eigenvalue weighted by Crippen LogP contribution is -2.16. The van der Waals surface area contributed by atoms with Crippen LogP contribution in [0.4, 0.5) is 11.6 Å². The van der Waals surface area contributed by atoms with Gasteiger partial charge < -0.3 is 15.5 Å². The molecular formula is C26H27IN6. The zero-order valence-electron chi connectivity index (χ0n) is 19.1. The lowest BCUT2D eigenvalue weighted by molar-refractivity contribution is 0.630. The standard InChI is InChI=1S/C26H27IN6/c1-18-8-11-32(3)24(13-18)21-5-6-22-17-30-26(16-23(22)14-21)31-19(2)20-7-9-28-25(15-20)29-10-12-33(4)27/h5-7,9,11,13-17H,2,10,12H2,1,3-4H3,(H,28,29)(H,30,31). The van der Waals surface area contributed by atoms with Crippen LogP contribution in [0, 0.1) is 0 Å². The summed E-state index contributed by atoms with van der Waals surface area (Å²) in [4.78, 5) is 11.1. The van der Waals surface area contributed by atoms with Gasteiger partial charge in [-0.25, -0.2) is 13.1 Å². The highest BCUT2D eigenvalue weighted by molar-refractivity contribution is 14.1. The van der Waals surface area contributed by atoms with Gasteiger partial charge in [0.25, 0.3) is 0 Å². The third-order valence-electron chi connectivity index (χ3n) is 5.35. The monoisotopic (exact) mass is 550 g/mol. The van der Waals surface area contributed by atoms with E-state index < -0.39 is 0 Å². The molecule has 0 amide bonds. The molecule has 0 atom stereocenters. The first-order chi connectivity index (χ1) is 15.9. The predicted octanol–water partition coefficient (Wildman–Crippen LogP) is 5.75. The van der Waals surface area contributed by atoms with Crippen LogP contribution in [0.15, 0.2) is 79.0 Å². The van der Waals surface area contributed by atoms with E-state index in [0.717, 1.165) is 63.6 Å². The number of fused-ring (bicyclic) bond motifs is 1. The van der Waals surface area contributed by atoms with Crippen LogP contribution in [0.2, 0.25) is 0 Å². The fourth-order valence-electron chi connectivity index (χ4n) is 3.55. The number of anilines is 2. The van der Waals surface area contributed by atoms with Gasteiger partial charge in [-0.3, -0.25) is 0 Å². The second kappa shape index (κ2) is 10.2. The minimum atomic E-state index is 0.754. The summed E-state index contributed by atoms with van der Waals surface area (Å²) in [5, 5.41) is 8.90. The smallest absolute Gasteiger partial charge is 0.130 e. The van der Waals surface area contributed by atoms with Crippen molar-refractivity contribution in [3.63, 3.8) is 0 Å². The number of rotatable bonds is 8. The summed E-state index contributed by atoms with van der Waals surface area (Å²) in [6, 6.07) is 12.4. The normalized spacial score (nSPS) is 13.2. The van der Waals surface area contributed by atoms with Gasteiger partial charge in [0.05, 0.1) is 0 Å². The van der Waals surface area contributed by atoms with Crippen molar-refractivity contribution in [3.8, 4) is 0 Å². The number of nitrogens with one attached hydrogen (secondary N) is 2. The Hall–Kier alpha value is -3.13. The molecule has 1 aliphatic rings. The van der Waals surface area contributed by atoms with Crippen molar-refractivity contribution >= 4 is 56.7 Å². The van der Waals surface area contributed by atoms with Gasteiger partial charge in [-0.2, -0.15) is 0 Å². The third kappa shape index (κ3) is 5.82. The van der Waals surface area contributed by atoms with Crippen molar-refractivity contribution in [1.29, 1.82) is 0 Å². The summed E-state index contributed by atoms with van der Waals surface area (Å²) in [6.45, 7) is 8.02. The number of aromatic nitrogens is 2. The van der Waals surface area contributed by atoms with Gasteiger partial charge in [0, 0.05) is 83.9 Å². The van der Waals surface area contributed by atoms with Gasteiger partial charge in [-0.05, 0) is 60.8 Å². The Kier molecular flexibility index (Phi) is 7.13. The van der Waals surface area contributed by atoms with Crippen LogP contribution < -0.4 is 10.6 Å². The molecule has 33 heavy (non-hydrogen) atoms. The molecule has 0 spiro atoms. The Bertz CT molecular complexity index is 1290. The zero-order valence-corrected chi connectivity index (χ0v) is 21.2. The molecule has 1 aromatic carbocycles. The molecule has 0 saturated heterocycles. The van der Waals surface area contributed by atoms with E-state index in [4.69, 9.17) is 0 Å². The average molecular weight is 550 g/mol. The number of likely N-dealkylation sites (N-methyl/N-ethyl adjacent to an activating group) is 1. The van der Waals surface area contributed by atoms with E-state index in [1.165, 1.54) is 0 Å². The van der Waals surface area contributed by atoms with Crippen molar-refractivity contribution in [3.05, 3.63) is 90.1 Å². The van der Waals surface area contributed by atoms with Crippen molar-refractivity contribution < 1.29 is 0 Å². The van der Waals surface area contributed by atoms with Gasteiger partial charge in [0.1, 0.15) is 11.6 Å². The molecule has 0 aliphatic carbocycles. The SMILES string of the molecule is C=C(Nc1cc2cc(C3=CC(C)=C=CN3C)ccc2cn1)c1ccnc(NCCN(C)I)c1. The topological polar surface area (TPSA) is 56.3 Å². The van der Waals surface area contributed by atoms with Gasteiger partial charge in [-0.1, -0.05) is 24.4 Å². The highest BCUT2D eigenvalue weighted by Gasteiger charge is 2.10. The molecule has 0 saturated carbocycles. The first-order valence-corrected chi connectivity index (χ1v) is 11.7. The summed E-state index contributed by atoms with van der Waals surface area (Å²) < 4.78 is 2.10. The van der Waals surface area contributed by atoms with E-state index in [1.807, 2.05) is 38.6 Å². The van der Waals surface area contributed by atoms with E-state index in [1.54, 1.807) is 6.20 Å². The van der Waals surface area contributed by atoms with E-state index in [-0.39, 0.29) is 0 Å². The minimum absolute atomic E-state index is 0.754. The van der Waals surface area contributed by atoms with Gasteiger partial charge in [-0.15, -0.1) is 0 Å². The van der Waals surface area contributed by atoms with Gasteiger partial charge in [0.15, 0.2) is 0 Å². The molecular weight excluding hydrogens is 523 g/mol. The number of pyridine rings is 2. The number of hydrogen-bond donors (Lipinski definition) is 2. The van der Waals surface area contributed by atoms with Crippen molar-refractivity contribution in [2.24, 2.45) is 0 Å². The average Bonchev–Trinajstić information content (AvgIpc) is 2.80. The molecule has 7 heteroatoms. The van der Waals surface area contributed by atoms with Crippen LogP contribution in [0.1, 0.15) is 18.1 Å². The Morgan fingerprint density at radius 3 is 2.82 bits per heavy atom. The molecule has 4 rings (SSSR count). The van der Waals surface area contributed by atoms with Crippen LogP contribution >= 0.6 is 22.9 Å². The van der Waals surface area contributed by atoms with Crippen LogP contribution in [0.5, 0.6) is 0 Å². The molecule has 168 valence electrons. The molecule has 6 nitrogen and oxygen atoms in total. The van der Waals surface area contributed by atoms with Gasteiger partial charge >= 0.3 is 0 Å². The largest absolute Gasteiger partial charge is 0.369 e. The number of nitrogens with zero attached hydrogens (tertiary/aromatic N) is 4. The second-order valence-electron chi connectivity index (χ2n) is 8.02. The lowest BCUT2D eigenvalue weighted by Gasteiger charge is -2.21. The van der Waals surface area contributed by atoms with Crippen molar-refractivity contribution in [2.75, 3.05) is 37.8 Å². The highest BCUT2D eigenvalue weighted by atomic mass is 127. The van der Waals surface area contributed by atoms with Crippen LogP contribution in [-0.2, 0) is 0 Å². The Labute approximate surface area is 208 Å². The summed E-state index contributed by atoms with van der Waals surface area (Å²) in [6.07, 6.45) is 7.80. The Balaban J connectivity index is 1.52. The zero-order chi connectivity index (χ0) is 23.4. The number of benzene rings is 1. The first kappa shape index (κ1) is 23.0. The lowest BCUT2D eigenvalue weighted by atomic mass is 10.0. The third-order valence-corrected chi connectivity index (χ3v) is 5.83. The maximum atomic E-state index is 4.58.